The molecule has 106 valence electrons. The summed E-state index contributed by atoms with van der Waals surface area (Å²) in [6.45, 7) is 1.83. The molecule has 2 rings (SSSR count). The molecule has 0 atom stereocenters. The lowest BCUT2D eigenvalue weighted by molar-refractivity contribution is 0.812. The van der Waals surface area contributed by atoms with Crippen molar-refractivity contribution in [2.24, 2.45) is 0 Å². The van der Waals surface area contributed by atoms with Crippen molar-refractivity contribution in [3.8, 4) is 0 Å². The number of benzene rings is 1. The predicted octanol–water partition coefficient (Wildman–Crippen LogP) is 3.24. The molecule has 0 unspecified atom stereocenters. The summed E-state index contributed by atoms with van der Waals surface area (Å²) in [7, 11) is 4.07. The first-order chi connectivity index (χ1) is 9.70. The molecule has 1 heterocycles. The van der Waals surface area contributed by atoms with Crippen LogP contribution in [-0.2, 0) is 13.0 Å². The summed E-state index contributed by atoms with van der Waals surface area (Å²) >= 11 is 3.63. The van der Waals surface area contributed by atoms with E-state index in [0.29, 0.717) is 0 Å². The number of aromatic nitrogens is 1. The summed E-state index contributed by atoms with van der Waals surface area (Å²) in [5.74, 6) is 0. The fourth-order valence-corrected chi connectivity index (χ4v) is 2.57. The summed E-state index contributed by atoms with van der Waals surface area (Å²) in [5, 5.41) is 3.17. The number of hydrogen-bond acceptors (Lipinski definition) is 3. The molecule has 2 aromatic rings. The Kier molecular flexibility index (Phi) is 5.56. The molecule has 0 spiro atoms. The number of hydrogen-bond donors (Lipinski definition) is 1. The molecule has 0 aliphatic heterocycles. The zero-order valence-corrected chi connectivity index (χ0v) is 13.5. The highest BCUT2D eigenvalue weighted by atomic mass is 79.9. The van der Waals surface area contributed by atoms with Gasteiger partial charge in [0.1, 0.15) is 0 Å². The van der Waals surface area contributed by atoms with Gasteiger partial charge in [-0.05, 0) is 36.9 Å². The van der Waals surface area contributed by atoms with Gasteiger partial charge in [0.15, 0.2) is 0 Å². The van der Waals surface area contributed by atoms with Crippen molar-refractivity contribution in [3.05, 3.63) is 58.3 Å². The van der Waals surface area contributed by atoms with Crippen molar-refractivity contribution in [1.29, 1.82) is 0 Å². The van der Waals surface area contributed by atoms with Crippen LogP contribution in [0.15, 0.2) is 47.1 Å². The molecule has 0 saturated carbocycles. The number of rotatable bonds is 6. The SMILES string of the molecule is CNCc1ccc(N(C)CCc2ccccn2)cc1Br. The van der Waals surface area contributed by atoms with Crippen molar-refractivity contribution < 1.29 is 0 Å². The van der Waals surface area contributed by atoms with E-state index in [4.69, 9.17) is 0 Å². The standard InChI is InChI=1S/C16H20BrN3/c1-18-12-13-6-7-15(11-16(13)17)20(2)10-8-14-5-3-4-9-19-14/h3-7,9,11,18H,8,10,12H2,1-2H3. The minimum absolute atomic E-state index is 0.874. The van der Waals surface area contributed by atoms with Crippen molar-refractivity contribution in [3.63, 3.8) is 0 Å². The summed E-state index contributed by atoms with van der Waals surface area (Å²) in [6.07, 6.45) is 2.80. The van der Waals surface area contributed by atoms with E-state index in [2.05, 4.69) is 62.4 Å². The third-order valence-electron chi connectivity index (χ3n) is 3.27. The highest BCUT2D eigenvalue weighted by Gasteiger charge is 2.05. The first-order valence-corrected chi connectivity index (χ1v) is 7.54. The lowest BCUT2D eigenvalue weighted by atomic mass is 10.2. The van der Waals surface area contributed by atoms with Crippen LogP contribution in [0.4, 0.5) is 5.69 Å². The van der Waals surface area contributed by atoms with Crippen LogP contribution >= 0.6 is 15.9 Å². The Morgan fingerprint density at radius 1 is 1.25 bits per heavy atom. The predicted molar refractivity (Wildman–Crippen MR) is 88.1 cm³/mol. The Hall–Kier alpha value is -1.39. The van der Waals surface area contributed by atoms with E-state index in [-0.39, 0.29) is 0 Å². The molecule has 1 aromatic carbocycles. The maximum Gasteiger partial charge on any atom is 0.0421 e. The lowest BCUT2D eigenvalue weighted by Gasteiger charge is -2.20. The average Bonchev–Trinajstić information content (AvgIpc) is 2.48. The quantitative estimate of drug-likeness (QED) is 0.879. The van der Waals surface area contributed by atoms with Crippen LogP contribution in [-0.4, -0.2) is 25.6 Å². The molecule has 0 aliphatic carbocycles. The highest BCUT2D eigenvalue weighted by Crippen LogP contribution is 2.23. The third kappa shape index (κ3) is 4.05. The highest BCUT2D eigenvalue weighted by molar-refractivity contribution is 9.10. The van der Waals surface area contributed by atoms with Crippen molar-refractivity contribution in [2.45, 2.75) is 13.0 Å². The van der Waals surface area contributed by atoms with Crippen LogP contribution in [0.25, 0.3) is 0 Å². The normalized spacial score (nSPS) is 10.6. The van der Waals surface area contributed by atoms with Gasteiger partial charge in [0, 0.05) is 48.6 Å². The molecule has 0 radical (unpaired) electrons. The van der Waals surface area contributed by atoms with Crippen LogP contribution < -0.4 is 10.2 Å². The van der Waals surface area contributed by atoms with Gasteiger partial charge in [0.25, 0.3) is 0 Å². The van der Waals surface area contributed by atoms with Gasteiger partial charge in [-0.3, -0.25) is 4.98 Å². The van der Waals surface area contributed by atoms with Crippen LogP contribution in [0.3, 0.4) is 0 Å². The zero-order chi connectivity index (χ0) is 14.4. The first kappa shape index (κ1) is 15.0. The van der Waals surface area contributed by atoms with E-state index in [0.717, 1.165) is 29.7 Å². The summed E-state index contributed by atoms with van der Waals surface area (Å²) in [5.41, 5.74) is 3.62. The van der Waals surface area contributed by atoms with Crippen LogP contribution in [0.1, 0.15) is 11.3 Å². The van der Waals surface area contributed by atoms with Crippen LogP contribution in [0.5, 0.6) is 0 Å². The van der Waals surface area contributed by atoms with Gasteiger partial charge < -0.3 is 10.2 Å². The van der Waals surface area contributed by atoms with E-state index in [1.807, 2.05) is 25.4 Å². The van der Waals surface area contributed by atoms with Crippen molar-refractivity contribution in [2.75, 3.05) is 25.5 Å². The second-order valence-electron chi connectivity index (χ2n) is 4.80. The number of nitrogens with zero attached hydrogens (tertiary/aromatic N) is 2. The molecule has 0 amide bonds. The Labute approximate surface area is 129 Å². The minimum atomic E-state index is 0.874. The number of anilines is 1. The van der Waals surface area contributed by atoms with Gasteiger partial charge >= 0.3 is 0 Å². The molecule has 20 heavy (non-hydrogen) atoms. The van der Waals surface area contributed by atoms with E-state index in [9.17, 15) is 0 Å². The molecule has 0 saturated heterocycles. The Morgan fingerprint density at radius 2 is 2.10 bits per heavy atom. The molecule has 1 N–H and O–H groups in total. The third-order valence-corrected chi connectivity index (χ3v) is 4.01. The second-order valence-corrected chi connectivity index (χ2v) is 5.65. The van der Waals surface area contributed by atoms with Crippen molar-refractivity contribution >= 4 is 21.6 Å². The van der Waals surface area contributed by atoms with E-state index in [1.54, 1.807) is 0 Å². The van der Waals surface area contributed by atoms with E-state index >= 15 is 0 Å². The molecule has 1 aromatic heterocycles. The Balaban J connectivity index is 1.98. The van der Waals surface area contributed by atoms with Crippen LogP contribution in [0.2, 0.25) is 0 Å². The van der Waals surface area contributed by atoms with Gasteiger partial charge in [0.2, 0.25) is 0 Å². The van der Waals surface area contributed by atoms with Gasteiger partial charge in [-0.25, -0.2) is 0 Å². The zero-order valence-electron chi connectivity index (χ0n) is 11.9. The topological polar surface area (TPSA) is 28.2 Å². The average molecular weight is 334 g/mol. The fraction of sp³-hybridized carbons (Fsp3) is 0.312. The van der Waals surface area contributed by atoms with Gasteiger partial charge in [-0.1, -0.05) is 28.1 Å². The molecular weight excluding hydrogens is 314 g/mol. The largest absolute Gasteiger partial charge is 0.374 e. The smallest absolute Gasteiger partial charge is 0.0421 e. The Morgan fingerprint density at radius 3 is 2.75 bits per heavy atom. The second kappa shape index (κ2) is 7.41. The number of halogens is 1. The first-order valence-electron chi connectivity index (χ1n) is 6.75. The molecule has 0 fully saturated rings. The van der Waals surface area contributed by atoms with Gasteiger partial charge in [-0.2, -0.15) is 0 Å². The van der Waals surface area contributed by atoms with Gasteiger partial charge in [0.05, 0.1) is 0 Å². The van der Waals surface area contributed by atoms with Crippen LogP contribution in [0, 0.1) is 0 Å². The maximum atomic E-state index is 4.36. The number of likely N-dealkylation sites (N-methyl/N-ethyl adjacent to an activating group) is 1. The Bertz CT molecular complexity index is 543. The number of nitrogens with one attached hydrogen (secondary N) is 1. The molecule has 4 heteroatoms. The van der Waals surface area contributed by atoms with Crippen molar-refractivity contribution in [1.82, 2.24) is 10.3 Å². The summed E-state index contributed by atoms with van der Waals surface area (Å²) in [4.78, 5) is 6.61. The monoisotopic (exact) mass is 333 g/mol. The maximum absolute atomic E-state index is 4.36. The molecule has 0 bridgehead atoms. The summed E-state index contributed by atoms with van der Waals surface area (Å²) < 4.78 is 1.15. The molecule has 3 nitrogen and oxygen atoms in total. The minimum Gasteiger partial charge on any atom is -0.374 e. The van der Waals surface area contributed by atoms with E-state index in [1.165, 1.54) is 11.3 Å². The molecule has 0 aliphatic rings. The lowest BCUT2D eigenvalue weighted by Crippen LogP contribution is -2.20. The fourth-order valence-electron chi connectivity index (χ4n) is 2.06. The van der Waals surface area contributed by atoms with Gasteiger partial charge in [-0.15, -0.1) is 0 Å². The summed E-state index contributed by atoms with van der Waals surface area (Å²) in [6, 6.07) is 12.5. The number of pyridine rings is 1. The molecular formula is C16H20BrN3. The van der Waals surface area contributed by atoms with E-state index < -0.39 is 0 Å².